The van der Waals surface area contributed by atoms with Gasteiger partial charge in [-0.05, 0) is 30.5 Å². The number of fused-ring (bicyclic) bond motifs is 3. The van der Waals surface area contributed by atoms with Crippen molar-refractivity contribution in [3.63, 3.8) is 0 Å². The topological polar surface area (TPSA) is 66.9 Å². The van der Waals surface area contributed by atoms with Gasteiger partial charge in [-0.1, -0.05) is 54.1 Å². The summed E-state index contributed by atoms with van der Waals surface area (Å²) in [6.07, 6.45) is 0.941. The lowest BCUT2D eigenvalue weighted by molar-refractivity contribution is -0.663. The molecule has 5 rings (SSSR count). The Morgan fingerprint density at radius 2 is 1.81 bits per heavy atom. The van der Waals surface area contributed by atoms with Crippen molar-refractivity contribution in [2.24, 2.45) is 7.05 Å². The summed E-state index contributed by atoms with van der Waals surface area (Å²) in [5, 5.41) is 0. The van der Waals surface area contributed by atoms with Crippen LogP contribution >= 0.6 is 0 Å². The quantitative estimate of drug-likeness (QED) is 0.506. The van der Waals surface area contributed by atoms with E-state index in [2.05, 4.69) is 22.0 Å². The normalized spacial score (nSPS) is 13.5. The predicted molar refractivity (Wildman–Crippen MR) is 125 cm³/mol. The molecule has 0 saturated carbocycles. The molecule has 0 unspecified atom stereocenters. The molecule has 32 heavy (non-hydrogen) atoms. The van der Waals surface area contributed by atoms with Crippen LogP contribution in [0.5, 0.6) is 0 Å². The number of nitrogens with one attached hydrogen (secondary N) is 1. The molecule has 4 aromatic rings. The maximum atomic E-state index is 13.6. The summed E-state index contributed by atoms with van der Waals surface area (Å²) in [7, 11) is 1.73. The Kier molecular flexibility index (Phi) is 4.96. The fourth-order valence-corrected chi connectivity index (χ4v) is 4.65. The van der Waals surface area contributed by atoms with Gasteiger partial charge in [-0.25, -0.2) is 14.3 Å². The molecule has 0 saturated heterocycles. The van der Waals surface area contributed by atoms with Gasteiger partial charge in [0.15, 0.2) is 0 Å². The molecule has 0 atom stereocenters. The molecular weight excluding hydrogens is 402 g/mol. The maximum Gasteiger partial charge on any atom is 0.359 e. The Morgan fingerprint density at radius 3 is 2.59 bits per heavy atom. The Balaban J connectivity index is 1.64. The summed E-state index contributed by atoms with van der Waals surface area (Å²) < 4.78 is 4.97. The van der Waals surface area contributed by atoms with Crippen molar-refractivity contribution in [1.82, 2.24) is 14.1 Å². The third kappa shape index (κ3) is 3.34. The predicted octanol–water partition coefficient (Wildman–Crippen LogP) is 2.39. The van der Waals surface area contributed by atoms with Crippen molar-refractivity contribution < 1.29 is 4.57 Å². The molecule has 7 heteroatoms. The third-order valence-electron chi connectivity index (χ3n) is 6.44. The minimum atomic E-state index is -0.308. The van der Waals surface area contributed by atoms with Crippen LogP contribution in [-0.4, -0.2) is 20.7 Å². The van der Waals surface area contributed by atoms with Crippen molar-refractivity contribution in [3.05, 3.63) is 91.6 Å². The Labute approximate surface area is 186 Å². The molecule has 0 bridgehead atoms. The molecule has 1 aliphatic rings. The smallest absolute Gasteiger partial charge is 0.267 e. The van der Waals surface area contributed by atoms with Gasteiger partial charge >= 0.3 is 11.6 Å². The number of nitrogens with zero attached hydrogens (tertiary/aromatic N) is 4. The van der Waals surface area contributed by atoms with E-state index in [0.29, 0.717) is 11.2 Å². The lowest BCUT2D eigenvalue weighted by Crippen LogP contribution is -2.50. The van der Waals surface area contributed by atoms with E-state index < -0.39 is 0 Å². The monoisotopic (exact) mass is 430 g/mol. The molecule has 0 amide bonds. The van der Waals surface area contributed by atoms with Gasteiger partial charge in [0.25, 0.3) is 5.56 Å². The van der Waals surface area contributed by atoms with E-state index in [1.54, 1.807) is 11.6 Å². The average Bonchev–Trinajstić information content (AvgIpc) is 3.19. The molecule has 1 aliphatic heterocycles. The standard InChI is InChI=1S/C25H27N5O2/c1-17-10-11-18(2)20(14-17)16-30-23(31)21-22(27(3)25(30)32)26-24-28(12-7-13-29(21)24)15-19-8-5-4-6-9-19/h4-6,8-11,14H,7,12-13,15-16H2,1-3H3/p+1. The lowest BCUT2D eigenvalue weighted by Gasteiger charge is -2.22. The first-order valence-corrected chi connectivity index (χ1v) is 11.0. The molecule has 0 fully saturated rings. The molecular formula is C25H28N5O2+. The van der Waals surface area contributed by atoms with Crippen molar-refractivity contribution >= 4 is 17.1 Å². The highest BCUT2D eigenvalue weighted by Gasteiger charge is 2.32. The fourth-order valence-electron chi connectivity index (χ4n) is 4.65. The summed E-state index contributed by atoms with van der Waals surface area (Å²) in [5.74, 6) is 0.881. The molecule has 7 nitrogen and oxygen atoms in total. The number of anilines is 1. The van der Waals surface area contributed by atoms with Gasteiger partial charge in [0, 0.05) is 13.5 Å². The van der Waals surface area contributed by atoms with E-state index in [-0.39, 0.29) is 17.8 Å². The van der Waals surface area contributed by atoms with Crippen LogP contribution in [0.25, 0.3) is 11.2 Å². The van der Waals surface area contributed by atoms with Crippen LogP contribution in [-0.2, 0) is 26.7 Å². The van der Waals surface area contributed by atoms with Crippen LogP contribution in [0.1, 0.15) is 28.7 Å². The first-order valence-electron chi connectivity index (χ1n) is 11.0. The van der Waals surface area contributed by atoms with Gasteiger partial charge in [-0.15, -0.1) is 0 Å². The van der Waals surface area contributed by atoms with E-state index >= 15 is 0 Å². The fraction of sp³-hybridized carbons (Fsp3) is 0.320. The molecule has 0 aliphatic carbocycles. The van der Waals surface area contributed by atoms with Crippen LogP contribution in [0.4, 0.5) is 5.95 Å². The number of H-pyrrole nitrogens is 1. The Bertz CT molecular complexity index is 1430. The van der Waals surface area contributed by atoms with Crippen LogP contribution in [0.3, 0.4) is 0 Å². The zero-order chi connectivity index (χ0) is 22.4. The first-order chi connectivity index (χ1) is 15.4. The second-order valence-electron chi connectivity index (χ2n) is 8.72. The van der Waals surface area contributed by atoms with Crippen molar-refractivity contribution in [2.75, 3.05) is 11.4 Å². The minimum absolute atomic E-state index is 0.243. The third-order valence-corrected chi connectivity index (χ3v) is 6.44. The molecule has 1 N–H and O–H groups in total. The Morgan fingerprint density at radius 1 is 1.03 bits per heavy atom. The number of imidazole rings is 1. The Hall–Kier alpha value is -3.61. The maximum absolute atomic E-state index is 13.6. The zero-order valence-electron chi connectivity index (χ0n) is 18.8. The van der Waals surface area contributed by atoms with Crippen LogP contribution in [0, 0.1) is 13.8 Å². The van der Waals surface area contributed by atoms with E-state index in [1.807, 2.05) is 54.8 Å². The van der Waals surface area contributed by atoms with E-state index in [0.717, 1.165) is 48.7 Å². The molecule has 0 radical (unpaired) electrons. The highest BCUT2D eigenvalue weighted by atomic mass is 16.2. The van der Waals surface area contributed by atoms with E-state index in [9.17, 15) is 9.59 Å². The summed E-state index contributed by atoms with van der Waals surface area (Å²) in [6, 6.07) is 16.4. The highest BCUT2D eigenvalue weighted by Crippen LogP contribution is 2.19. The van der Waals surface area contributed by atoms with Gasteiger partial charge in [-0.2, -0.15) is 0 Å². The van der Waals surface area contributed by atoms with Gasteiger partial charge in [-0.3, -0.25) is 18.8 Å². The second-order valence-corrected chi connectivity index (χ2v) is 8.72. The molecule has 164 valence electrons. The number of aromatic nitrogens is 4. The summed E-state index contributed by atoms with van der Waals surface area (Å²) >= 11 is 0. The molecule has 0 spiro atoms. The van der Waals surface area contributed by atoms with Gasteiger partial charge in [0.1, 0.15) is 0 Å². The van der Waals surface area contributed by atoms with Gasteiger partial charge < -0.3 is 0 Å². The zero-order valence-corrected chi connectivity index (χ0v) is 18.8. The minimum Gasteiger partial charge on any atom is -0.267 e. The number of hydrogen-bond donors (Lipinski definition) is 1. The van der Waals surface area contributed by atoms with Crippen molar-refractivity contribution in [1.29, 1.82) is 0 Å². The molecule has 2 aromatic carbocycles. The van der Waals surface area contributed by atoms with Crippen molar-refractivity contribution in [3.8, 4) is 0 Å². The largest absolute Gasteiger partial charge is 0.359 e. The highest BCUT2D eigenvalue weighted by molar-refractivity contribution is 5.68. The van der Waals surface area contributed by atoms with Crippen LogP contribution < -0.4 is 20.7 Å². The second kappa shape index (κ2) is 7.82. The summed E-state index contributed by atoms with van der Waals surface area (Å²) in [6.45, 7) is 6.69. The van der Waals surface area contributed by atoms with E-state index in [4.69, 9.17) is 0 Å². The van der Waals surface area contributed by atoms with Gasteiger partial charge in [0.2, 0.25) is 11.2 Å². The number of benzene rings is 2. The first kappa shape index (κ1) is 20.3. The molecule has 3 heterocycles. The average molecular weight is 431 g/mol. The SMILES string of the molecule is Cc1ccc(C)c(Cn2c(=O)c3c([nH]c4[n+]3CCCN4Cc3ccccc3)n(C)c2=O)c1. The van der Waals surface area contributed by atoms with E-state index in [1.165, 1.54) is 10.1 Å². The van der Waals surface area contributed by atoms with Crippen molar-refractivity contribution in [2.45, 2.75) is 39.9 Å². The summed E-state index contributed by atoms with van der Waals surface area (Å²) in [5.41, 5.74) is 4.97. The number of rotatable bonds is 4. The molecule has 2 aromatic heterocycles. The lowest BCUT2D eigenvalue weighted by atomic mass is 10.1. The number of hydrogen-bond acceptors (Lipinski definition) is 3. The van der Waals surface area contributed by atoms with Crippen LogP contribution in [0.15, 0.2) is 58.1 Å². The summed E-state index contributed by atoms with van der Waals surface area (Å²) in [4.78, 5) is 32.4. The van der Waals surface area contributed by atoms with Gasteiger partial charge in [0.05, 0.1) is 26.2 Å². The number of aryl methyl sites for hydroxylation is 4. The number of aromatic amines is 1. The van der Waals surface area contributed by atoms with Crippen LogP contribution in [0.2, 0.25) is 0 Å².